The van der Waals surface area contributed by atoms with Crippen LogP contribution in [0.1, 0.15) is 83.1 Å². The summed E-state index contributed by atoms with van der Waals surface area (Å²) in [5.41, 5.74) is 0.553. The monoisotopic (exact) mass is 407 g/mol. The molecule has 1 aliphatic carbocycles. The van der Waals surface area contributed by atoms with Crippen LogP contribution in [0.15, 0.2) is 12.1 Å². The molecular weight excluding hydrogens is 370 g/mol. The number of hydrogen-bond acceptors (Lipinski definition) is 1. The zero-order chi connectivity index (χ0) is 19.9. The third-order valence-corrected chi connectivity index (χ3v) is 10.3. The van der Waals surface area contributed by atoms with E-state index in [0.717, 1.165) is 37.5 Å². The van der Waals surface area contributed by atoms with Gasteiger partial charge in [0.15, 0.2) is 11.6 Å². The van der Waals surface area contributed by atoms with Crippen LogP contribution in [0.25, 0.3) is 0 Å². The van der Waals surface area contributed by atoms with Crippen molar-refractivity contribution in [3.8, 4) is 5.75 Å². The second-order valence-corrected chi connectivity index (χ2v) is 12.0. The zero-order valence-corrected chi connectivity index (χ0v) is 18.7. The van der Waals surface area contributed by atoms with Gasteiger partial charge >= 0.3 is 0 Å². The molecule has 2 aliphatic rings. The predicted octanol–water partition coefficient (Wildman–Crippen LogP) is 7.73. The minimum absolute atomic E-state index is 0.000585. The van der Waals surface area contributed by atoms with Crippen LogP contribution >= 0.6 is 0 Å². The first-order valence-electron chi connectivity index (χ1n) is 11.6. The standard InChI is InChI=1S/C24H37F2OSi/c1-3-15-28-16-13-19(14-17-28)6-5-18-7-9-20(10-8-18)21-11-12-22(27-4-2)24(26)23(21)25/h11-12,18-20H,3-10,13-17H2,1-2H3. The smallest absolute Gasteiger partial charge is 0.200 e. The van der Waals surface area contributed by atoms with Gasteiger partial charge in [-0.3, -0.25) is 0 Å². The Kier molecular flexibility index (Phi) is 8.37. The predicted molar refractivity (Wildman–Crippen MR) is 115 cm³/mol. The van der Waals surface area contributed by atoms with Crippen molar-refractivity contribution in [3.63, 3.8) is 0 Å². The van der Waals surface area contributed by atoms with Gasteiger partial charge in [-0.2, -0.15) is 4.39 Å². The first kappa shape index (κ1) is 21.8. The normalized spacial score (nSPS) is 24.4. The number of benzene rings is 1. The Morgan fingerprint density at radius 1 is 0.893 bits per heavy atom. The molecule has 157 valence electrons. The van der Waals surface area contributed by atoms with Crippen LogP contribution in [0.3, 0.4) is 0 Å². The van der Waals surface area contributed by atoms with E-state index in [9.17, 15) is 8.78 Å². The lowest BCUT2D eigenvalue weighted by atomic mass is 9.76. The van der Waals surface area contributed by atoms with Crippen molar-refractivity contribution in [3.05, 3.63) is 29.3 Å². The summed E-state index contributed by atoms with van der Waals surface area (Å²) in [4.78, 5) is 0. The van der Waals surface area contributed by atoms with Crippen molar-refractivity contribution in [1.29, 1.82) is 0 Å². The molecule has 1 radical (unpaired) electrons. The first-order valence-corrected chi connectivity index (χ1v) is 13.7. The topological polar surface area (TPSA) is 9.23 Å². The Labute approximate surface area is 171 Å². The van der Waals surface area contributed by atoms with Gasteiger partial charge in [-0.1, -0.05) is 63.2 Å². The van der Waals surface area contributed by atoms with Crippen molar-refractivity contribution >= 4 is 8.80 Å². The first-order chi connectivity index (χ1) is 13.6. The minimum atomic E-state index is -0.817. The fraction of sp³-hybridized carbons (Fsp3) is 0.750. The second kappa shape index (κ2) is 10.8. The molecular formula is C24H37F2OSi. The fourth-order valence-corrected chi connectivity index (χ4v) is 8.43. The van der Waals surface area contributed by atoms with E-state index in [1.165, 1.54) is 38.1 Å². The molecule has 0 atom stereocenters. The molecule has 1 nitrogen and oxygen atoms in total. The largest absolute Gasteiger partial charge is 0.491 e. The molecule has 0 aromatic heterocycles. The fourth-order valence-electron chi connectivity index (χ4n) is 5.34. The maximum Gasteiger partial charge on any atom is 0.200 e. The van der Waals surface area contributed by atoms with Crippen molar-refractivity contribution in [2.45, 2.75) is 95.7 Å². The average molecular weight is 408 g/mol. The summed E-state index contributed by atoms with van der Waals surface area (Å²) in [6.07, 6.45) is 11.4. The number of ether oxygens (including phenoxy) is 1. The summed E-state index contributed by atoms with van der Waals surface area (Å²) in [6.45, 7) is 4.46. The van der Waals surface area contributed by atoms with Gasteiger partial charge in [-0.05, 0) is 62.0 Å². The van der Waals surface area contributed by atoms with E-state index in [2.05, 4.69) is 6.92 Å². The Morgan fingerprint density at radius 3 is 2.14 bits per heavy atom. The molecule has 1 aromatic carbocycles. The highest BCUT2D eigenvalue weighted by Gasteiger charge is 2.28. The Hall–Kier alpha value is -0.903. The van der Waals surface area contributed by atoms with Gasteiger partial charge in [0.25, 0.3) is 0 Å². The number of hydrogen-bond donors (Lipinski definition) is 0. The van der Waals surface area contributed by atoms with Gasteiger partial charge in [-0.25, -0.2) is 4.39 Å². The van der Waals surface area contributed by atoms with Crippen LogP contribution in [0, 0.1) is 23.5 Å². The van der Waals surface area contributed by atoms with Crippen molar-refractivity contribution in [2.75, 3.05) is 6.61 Å². The van der Waals surface area contributed by atoms with Crippen molar-refractivity contribution in [1.82, 2.24) is 0 Å². The summed E-state index contributed by atoms with van der Waals surface area (Å²) in [7, 11) is -0.000585. The SMILES string of the molecule is CCC[Si]1CCC(CCC2CCC(c3ccc(OCC)c(F)c3F)CC2)CC1. The molecule has 0 unspecified atom stereocenters. The summed E-state index contributed by atoms with van der Waals surface area (Å²) < 4.78 is 33.9. The van der Waals surface area contributed by atoms with E-state index in [1.54, 1.807) is 31.1 Å². The van der Waals surface area contributed by atoms with Gasteiger partial charge in [0.1, 0.15) is 0 Å². The molecule has 4 heteroatoms. The van der Waals surface area contributed by atoms with E-state index in [1.807, 2.05) is 0 Å². The highest BCUT2D eigenvalue weighted by atomic mass is 28.3. The highest BCUT2D eigenvalue weighted by molar-refractivity contribution is 6.58. The molecule has 1 aromatic rings. The average Bonchev–Trinajstić information content (AvgIpc) is 2.72. The van der Waals surface area contributed by atoms with Gasteiger partial charge < -0.3 is 4.74 Å². The lowest BCUT2D eigenvalue weighted by Crippen LogP contribution is -2.22. The van der Waals surface area contributed by atoms with Crippen LogP contribution in [0.4, 0.5) is 8.78 Å². The third kappa shape index (κ3) is 5.58. The van der Waals surface area contributed by atoms with Crippen molar-refractivity contribution < 1.29 is 13.5 Å². The van der Waals surface area contributed by atoms with E-state index in [-0.39, 0.29) is 20.5 Å². The Bertz CT molecular complexity index is 605. The lowest BCUT2D eigenvalue weighted by molar-refractivity contribution is 0.275. The van der Waals surface area contributed by atoms with Crippen LogP contribution < -0.4 is 4.74 Å². The maximum absolute atomic E-state index is 14.5. The molecule has 1 saturated heterocycles. The summed E-state index contributed by atoms with van der Waals surface area (Å²) in [5.74, 6) is 0.433. The molecule has 1 aliphatic heterocycles. The molecule has 28 heavy (non-hydrogen) atoms. The van der Waals surface area contributed by atoms with Gasteiger partial charge in [0.05, 0.1) is 6.61 Å². The molecule has 0 N–H and O–H groups in total. The van der Waals surface area contributed by atoms with Gasteiger partial charge in [0, 0.05) is 8.80 Å². The van der Waals surface area contributed by atoms with Crippen LogP contribution in [0.5, 0.6) is 5.75 Å². The molecule has 1 saturated carbocycles. The summed E-state index contributed by atoms with van der Waals surface area (Å²) in [6, 6.07) is 7.94. The third-order valence-electron chi connectivity index (χ3n) is 7.06. The Morgan fingerprint density at radius 2 is 1.54 bits per heavy atom. The summed E-state index contributed by atoms with van der Waals surface area (Å²) >= 11 is 0. The summed E-state index contributed by atoms with van der Waals surface area (Å²) in [5, 5.41) is 0. The quantitative estimate of drug-likeness (QED) is 0.401. The number of halogens is 2. The molecule has 0 spiro atoms. The van der Waals surface area contributed by atoms with Crippen LogP contribution in [-0.2, 0) is 0 Å². The zero-order valence-electron chi connectivity index (χ0n) is 17.7. The van der Waals surface area contributed by atoms with Gasteiger partial charge in [-0.15, -0.1) is 0 Å². The van der Waals surface area contributed by atoms with E-state index in [4.69, 9.17) is 4.74 Å². The molecule has 0 amide bonds. The minimum Gasteiger partial charge on any atom is -0.491 e. The molecule has 3 rings (SSSR count). The Balaban J connectivity index is 1.43. The van der Waals surface area contributed by atoms with Crippen LogP contribution in [0.2, 0.25) is 18.1 Å². The molecule has 2 fully saturated rings. The maximum atomic E-state index is 14.5. The van der Waals surface area contributed by atoms with E-state index >= 15 is 0 Å². The lowest BCUT2D eigenvalue weighted by Gasteiger charge is -2.32. The van der Waals surface area contributed by atoms with Gasteiger partial charge in [0.2, 0.25) is 5.82 Å². The molecule has 1 heterocycles. The van der Waals surface area contributed by atoms with Crippen molar-refractivity contribution in [2.24, 2.45) is 11.8 Å². The highest BCUT2D eigenvalue weighted by Crippen LogP contribution is 2.41. The van der Waals surface area contributed by atoms with E-state index < -0.39 is 11.6 Å². The van der Waals surface area contributed by atoms with Crippen LogP contribution in [-0.4, -0.2) is 15.4 Å². The molecule has 0 bridgehead atoms. The second-order valence-electron chi connectivity index (χ2n) is 8.95. The van der Waals surface area contributed by atoms with E-state index in [0.29, 0.717) is 12.2 Å². The number of rotatable bonds is 8.